The summed E-state index contributed by atoms with van der Waals surface area (Å²) in [6.45, 7) is 3.03. The fraction of sp³-hybridized carbons (Fsp3) is 0.442. The molecule has 8 atom stereocenters. The van der Waals surface area contributed by atoms with Gasteiger partial charge in [-0.25, -0.2) is 9.78 Å². The first-order valence-corrected chi connectivity index (χ1v) is 20.2. The number of methoxy groups -OCH3 is 1. The zero-order valence-corrected chi connectivity index (χ0v) is 34.2. The normalized spacial score (nSPS) is 19.9. The summed E-state index contributed by atoms with van der Waals surface area (Å²) < 4.78 is 4.95. The Hall–Kier alpha value is -6.40. The van der Waals surface area contributed by atoms with Crippen molar-refractivity contribution in [2.24, 2.45) is 0 Å². The average Bonchev–Trinajstić information content (AvgIpc) is 3.76. The molecule has 0 saturated carbocycles. The number of aliphatic hydroxyl groups excluding tert-OH is 2. The smallest absolute Gasteiger partial charge is 0.333 e. The standard InChI is InChI=1S/C43H53N7O11/c1-4-29(45-39(56)34(25(2)51)47-40(57)36-33(53)18-11-20-44-36)41(58)49-21-12-17-31(49)37(54)46-30(23-26-13-7-5-8-14-26)42(59)50-22-19-28(52)24-32(50)38(55)48-35(43(60)61-3)27-15-9-6-10-16-27/h5-11,13-16,18,20,25,28-32,34-35,51-53H,4,12,17,19,21-24H2,1-3H3,(H,45,56)(H,46,54)(H,47,57)(H,48,55). The summed E-state index contributed by atoms with van der Waals surface area (Å²) in [7, 11) is 1.19. The molecule has 2 aromatic carbocycles. The Morgan fingerprint density at radius 3 is 2.08 bits per heavy atom. The Labute approximate surface area is 353 Å². The molecule has 1 aromatic heterocycles. The highest BCUT2D eigenvalue weighted by molar-refractivity contribution is 6.00. The molecule has 2 saturated heterocycles. The number of piperidine rings is 1. The summed E-state index contributed by atoms with van der Waals surface area (Å²) in [4.78, 5) is 102. The van der Waals surface area contributed by atoms with Gasteiger partial charge < -0.3 is 51.1 Å². The monoisotopic (exact) mass is 843 g/mol. The highest BCUT2D eigenvalue weighted by Crippen LogP contribution is 2.24. The fourth-order valence-electron chi connectivity index (χ4n) is 7.55. The molecular weight excluding hydrogens is 791 g/mol. The van der Waals surface area contributed by atoms with E-state index in [4.69, 9.17) is 4.74 Å². The largest absolute Gasteiger partial charge is 0.505 e. The van der Waals surface area contributed by atoms with Gasteiger partial charge in [0.15, 0.2) is 11.7 Å². The third-order valence-electron chi connectivity index (χ3n) is 10.8. The number of likely N-dealkylation sites (tertiary alicyclic amines) is 2. The molecule has 326 valence electrons. The number of aromatic hydroxyl groups is 1. The summed E-state index contributed by atoms with van der Waals surface area (Å²) in [5.74, 6) is -5.55. The summed E-state index contributed by atoms with van der Waals surface area (Å²) >= 11 is 0. The first-order chi connectivity index (χ1) is 29.2. The molecular formula is C43H53N7O11. The van der Waals surface area contributed by atoms with Crippen LogP contribution in [0.3, 0.4) is 0 Å². The fourth-order valence-corrected chi connectivity index (χ4v) is 7.55. The van der Waals surface area contributed by atoms with Crippen LogP contribution in [0.5, 0.6) is 5.75 Å². The molecule has 2 aliphatic heterocycles. The minimum atomic E-state index is -1.54. The summed E-state index contributed by atoms with van der Waals surface area (Å²) in [5.41, 5.74) is 0.772. The Kier molecular flexibility index (Phi) is 15.9. The number of rotatable bonds is 16. The van der Waals surface area contributed by atoms with Crippen LogP contribution in [0.25, 0.3) is 0 Å². The van der Waals surface area contributed by atoms with E-state index in [1.54, 1.807) is 67.6 Å². The average molecular weight is 844 g/mol. The summed E-state index contributed by atoms with van der Waals surface area (Å²) in [6, 6.07) is 12.6. The highest BCUT2D eigenvalue weighted by atomic mass is 16.5. The number of aliphatic hydroxyl groups is 2. The number of benzene rings is 2. The number of hydrogen-bond acceptors (Lipinski definition) is 12. The molecule has 5 rings (SSSR count). The molecule has 3 aromatic rings. The number of pyridine rings is 1. The van der Waals surface area contributed by atoms with Crippen LogP contribution >= 0.6 is 0 Å². The van der Waals surface area contributed by atoms with Gasteiger partial charge in [0, 0.05) is 32.1 Å². The molecule has 2 aliphatic rings. The van der Waals surface area contributed by atoms with Gasteiger partial charge in [-0.2, -0.15) is 0 Å². The maximum Gasteiger partial charge on any atom is 0.333 e. The van der Waals surface area contributed by atoms with Crippen LogP contribution in [-0.4, -0.2) is 134 Å². The number of carbonyl (C=O) groups excluding carboxylic acids is 7. The van der Waals surface area contributed by atoms with E-state index >= 15 is 0 Å². The maximum atomic E-state index is 14.6. The topological polar surface area (TPSA) is 257 Å². The number of esters is 1. The molecule has 61 heavy (non-hydrogen) atoms. The van der Waals surface area contributed by atoms with Crippen LogP contribution in [-0.2, 0) is 39.9 Å². The van der Waals surface area contributed by atoms with Gasteiger partial charge in [-0.15, -0.1) is 0 Å². The van der Waals surface area contributed by atoms with Crippen molar-refractivity contribution in [1.82, 2.24) is 36.1 Å². The number of amides is 6. The number of nitrogens with one attached hydrogen (secondary N) is 4. The molecule has 7 N–H and O–H groups in total. The van der Waals surface area contributed by atoms with E-state index in [2.05, 4.69) is 26.3 Å². The van der Waals surface area contributed by atoms with Crippen LogP contribution in [0.1, 0.15) is 73.6 Å². The first-order valence-electron chi connectivity index (χ1n) is 20.2. The Balaban J connectivity index is 1.33. The quantitative estimate of drug-likeness (QED) is 0.0960. The molecule has 0 aliphatic carbocycles. The lowest BCUT2D eigenvalue weighted by atomic mass is 9.95. The van der Waals surface area contributed by atoms with Crippen molar-refractivity contribution in [3.63, 3.8) is 0 Å². The van der Waals surface area contributed by atoms with E-state index in [-0.39, 0.29) is 50.9 Å². The van der Waals surface area contributed by atoms with Crippen molar-refractivity contribution < 1.29 is 53.6 Å². The predicted molar refractivity (Wildman–Crippen MR) is 218 cm³/mol. The number of carbonyl (C=O) groups is 7. The zero-order valence-electron chi connectivity index (χ0n) is 34.2. The molecule has 18 nitrogen and oxygen atoms in total. The van der Waals surface area contributed by atoms with Crippen LogP contribution < -0.4 is 21.3 Å². The van der Waals surface area contributed by atoms with E-state index in [0.29, 0.717) is 17.5 Å². The molecule has 0 spiro atoms. The van der Waals surface area contributed by atoms with Gasteiger partial charge in [-0.1, -0.05) is 67.6 Å². The van der Waals surface area contributed by atoms with Gasteiger partial charge in [-0.3, -0.25) is 28.8 Å². The van der Waals surface area contributed by atoms with Crippen LogP contribution in [0.4, 0.5) is 0 Å². The number of ether oxygens (including phenoxy) is 1. The summed E-state index contributed by atoms with van der Waals surface area (Å²) in [5, 5.41) is 41.6. The van der Waals surface area contributed by atoms with Gasteiger partial charge in [0.2, 0.25) is 29.5 Å². The minimum absolute atomic E-state index is 0.0185. The Morgan fingerprint density at radius 2 is 1.44 bits per heavy atom. The van der Waals surface area contributed by atoms with E-state index in [1.165, 1.54) is 42.2 Å². The number of aromatic nitrogens is 1. The molecule has 18 heteroatoms. The second-order valence-corrected chi connectivity index (χ2v) is 15.1. The second kappa shape index (κ2) is 21.2. The van der Waals surface area contributed by atoms with Crippen LogP contribution in [0.15, 0.2) is 79.0 Å². The second-order valence-electron chi connectivity index (χ2n) is 15.1. The Morgan fingerprint density at radius 1 is 0.803 bits per heavy atom. The maximum absolute atomic E-state index is 14.6. The molecule has 2 fully saturated rings. The molecule has 6 amide bonds. The van der Waals surface area contributed by atoms with E-state index in [0.717, 1.165) is 0 Å². The first kappa shape index (κ1) is 45.7. The Bertz CT molecular complexity index is 2040. The van der Waals surface area contributed by atoms with Gasteiger partial charge in [0.1, 0.15) is 36.0 Å². The predicted octanol–water partition coefficient (Wildman–Crippen LogP) is 0.262. The zero-order chi connectivity index (χ0) is 44.2. The third-order valence-corrected chi connectivity index (χ3v) is 10.8. The van der Waals surface area contributed by atoms with Crippen molar-refractivity contribution >= 4 is 41.4 Å². The lowest BCUT2D eigenvalue weighted by Crippen LogP contribution is -2.62. The van der Waals surface area contributed by atoms with Gasteiger partial charge in [0.05, 0.1) is 19.3 Å². The molecule has 0 radical (unpaired) electrons. The molecule has 0 bridgehead atoms. The lowest BCUT2D eigenvalue weighted by molar-refractivity contribution is -0.150. The minimum Gasteiger partial charge on any atom is -0.505 e. The van der Waals surface area contributed by atoms with Crippen LogP contribution in [0.2, 0.25) is 0 Å². The van der Waals surface area contributed by atoms with E-state index in [9.17, 15) is 48.9 Å². The molecule has 3 heterocycles. The summed E-state index contributed by atoms with van der Waals surface area (Å²) in [6.07, 6.45) is -0.287. The van der Waals surface area contributed by atoms with Crippen LogP contribution in [0, 0.1) is 0 Å². The van der Waals surface area contributed by atoms with Crippen molar-refractivity contribution in [2.45, 2.75) is 101 Å². The highest BCUT2D eigenvalue weighted by Gasteiger charge is 2.43. The lowest BCUT2D eigenvalue weighted by Gasteiger charge is -2.39. The number of nitrogens with zero attached hydrogens (tertiary/aromatic N) is 3. The van der Waals surface area contributed by atoms with Gasteiger partial charge >= 0.3 is 5.97 Å². The van der Waals surface area contributed by atoms with Crippen molar-refractivity contribution in [1.29, 1.82) is 0 Å². The number of hydrogen-bond donors (Lipinski definition) is 7. The van der Waals surface area contributed by atoms with Crippen molar-refractivity contribution in [3.05, 3.63) is 95.8 Å². The van der Waals surface area contributed by atoms with E-state index < -0.39 is 95.6 Å². The van der Waals surface area contributed by atoms with Gasteiger partial charge in [-0.05, 0) is 55.9 Å². The van der Waals surface area contributed by atoms with Gasteiger partial charge in [0.25, 0.3) is 5.91 Å². The third kappa shape index (κ3) is 11.5. The SMILES string of the molecule is CCC(NC(=O)C(NC(=O)c1ncccc1O)C(C)O)C(=O)N1CCCC1C(=O)NC(Cc1ccccc1)C(=O)N1CCC(O)CC1C(=O)NC(C(=O)OC)c1ccccc1. The van der Waals surface area contributed by atoms with Crippen molar-refractivity contribution in [2.75, 3.05) is 20.2 Å². The van der Waals surface area contributed by atoms with Crippen molar-refractivity contribution in [3.8, 4) is 5.75 Å². The molecule has 8 unspecified atom stereocenters. The van der Waals surface area contributed by atoms with E-state index in [1.807, 2.05) is 0 Å².